The summed E-state index contributed by atoms with van der Waals surface area (Å²) >= 11 is 0. The molecule has 114 valence electrons. The van der Waals surface area contributed by atoms with Crippen molar-refractivity contribution in [2.45, 2.75) is 51.1 Å². The molecule has 6 heteroatoms. The Kier molecular flexibility index (Phi) is 5.68. The molecule has 0 atom stereocenters. The molecule has 0 heterocycles. The van der Waals surface area contributed by atoms with Gasteiger partial charge in [-0.25, -0.2) is 12.8 Å². The minimum absolute atomic E-state index is 0.0231. The summed E-state index contributed by atoms with van der Waals surface area (Å²) in [6.45, 7) is 5.41. The number of hydrogen-bond donors (Lipinski definition) is 1. The molecule has 20 heavy (non-hydrogen) atoms. The Hall–Kier alpha value is -0.980. The van der Waals surface area contributed by atoms with Crippen LogP contribution in [0.5, 0.6) is 0 Å². The number of sulfonamides is 1. The first-order chi connectivity index (χ1) is 9.29. The van der Waals surface area contributed by atoms with Gasteiger partial charge in [0.05, 0.1) is 4.90 Å². The van der Waals surface area contributed by atoms with E-state index in [0.717, 1.165) is 12.8 Å². The fraction of sp³-hybridized carbons (Fsp3) is 0.571. The Balaban J connectivity index is 3.32. The van der Waals surface area contributed by atoms with Crippen LogP contribution in [0, 0.1) is 12.7 Å². The lowest BCUT2D eigenvalue weighted by molar-refractivity contribution is 0.349. The number of aryl methyl sites for hydroxylation is 1. The molecule has 0 fully saturated rings. The molecule has 0 aromatic heterocycles. The largest absolute Gasteiger partial charge is 0.326 e. The molecule has 0 saturated carbocycles. The number of rotatable bonds is 6. The lowest BCUT2D eigenvalue weighted by Gasteiger charge is -2.26. The van der Waals surface area contributed by atoms with Crippen molar-refractivity contribution in [3.8, 4) is 0 Å². The molecular formula is C14H23FN2O2S. The van der Waals surface area contributed by atoms with E-state index in [2.05, 4.69) is 0 Å². The molecule has 2 N–H and O–H groups in total. The molecule has 0 aliphatic carbocycles. The summed E-state index contributed by atoms with van der Waals surface area (Å²) in [7, 11) is -2.06. The summed E-state index contributed by atoms with van der Waals surface area (Å²) in [5, 5.41) is 0. The first-order valence-corrected chi connectivity index (χ1v) is 8.20. The van der Waals surface area contributed by atoms with Crippen LogP contribution in [0.1, 0.15) is 37.8 Å². The van der Waals surface area contributed by atoms with E-state index in [-0.39, 0.29) is 23.0 Å². The first kappa shape index (κ1) is 17.1. The van der Waals surface area contributed by atoms with E-state index in [1.165, 1.54) is 16.4 Å². The highest BCUT2D eigenvalue weighted by atomic mass is 32.2. The van der Waals surface area contributed by atoms with Crippen LogP contribution in [0.4, 0.5) is 4.39 Å². The Labute approximate surface area is 120 Å². The summed E-state index contributed by atoms with van der Waals surface area (Å²) in [5.41, 5.74) is 5.99. The van der Waals surface area contributed by atoms with Crippen LogP contribution in [0.25, 0.3) is 0 Å². The minimum Gasteiger partial charge on any atom is -0.326 e. The zero-order valence-electron chi connectivity index (χ0n) is 12.5. The van der Waals surface area contributed by atoms with Crippen LogP contribution in [-0.4, -0.2) is 25.8 Å². The zero-order valence-corrected chi connectivity index (χ0v) is 13.3. The Morgan fingerprint density at radius 2 is 1.85 bits per heavy atom. The van der Waals surface area contributed by atoms with E-state index in [9.17, 15) is 12.8 Å². The highest BCUT2D eigenvalue weighted by Crippen LogP contribution is 2.24. The van der Waals surface area contributed by atoms with Crippen LogP contribution in [-0.2, 0) is 16.6 Å². The SMILES string of the molecule is CCC(CC)N(C)S(=O)(=O)c1cc(C)c(F)c(CN)c1. The van der Waals surface area contributed by atoms with Gasteiger partial charge in [0.15, 0.2) is 0 Å². The van der Waals surface area contributed by atoms with E-state index in [0.29, 0.717) is 5.56 Å². The molecule has 0 amide bonds. The molecule has 1 rings (SSSR count). The second-order valence-corrected chi connectivity index (χ2v) is 6.91. The maximum atomic E-state index is 13.8. The number of benzene rings is 1. The fourth-order valence-electron chi connectivity index (χ4n) is 2.27. The van der Waals surface area contributed by atoms with Gasteiger partial charge in [-0.3, -0.25) is 0 Å². The average molecular weight is 302 g/mol. The van der Waals surface area contributed by atoms with Crippen molar-refractivity contribution >= 4 is 10.0 Å². The van der Waals surface area contributed by atoms with Gasteiger partial charge >= 0.3 is 0 Å². The maximum absolute atomic E-state index is 13.8. The van der Waals surface area contributed by atoms with E-state index in [4.69, 9.17) is 5.73 Å². The van der Waals surface area contributed by atoms with Gasteiger partial charge < -0.3 is 5.73 Å². The Bertz CT molecular complexity index is 569. The second kappa shape index (κ2) is 6.65. The summed E-state index contributed by atoms with van der Waals surface area (Å²) in [5.74, 6) is -0.434. The summed E-state index contributed by atoms with van der Waals surface area (Å²) in [6, 6.07) is 2.63. The van der Waals surface area contributed by atoms with Crippen LogP contribution in [0.3, 0.4) is 0 Å². The molecule has 0 bridgehead atoms. The van der Waals surface area contributed by atoms with E-state index < -0.39 is 15.8 Å². The molecule has 0 saturated heterocycles. The maximum Gasteiger partial charge on any atom is 0.243 e. The Morgan fingerprint density at radius 3 is 2.30 bits per heavy atom. The predicted molar refractivity (Wildman–Crippen MR) is 78.3 cm³/mol. The van der Waals surface area contributed by atoms with E-state index in [1.807, 2.05) is 13.8 Å². The highest BCUT2D eigenvalue weighted by molar-refractivity contribution is 7.89. The normalized spacial score (nSPS) is 12.4. The smallest absolute Gasteiger partial charge is 0.243 e. The summed E-state index contributed by atoms with van der Waals surface area (Å²) in [6.07, 6.45) is 1.46. The van der Waals surface area contributed by atoms with Gasteiger partial charge in [-0.2, -0.15) is 4.31 Å². The summed E-state index contributed by atoms with van der Waals surface area (Å²) in [4.78, 5) is 0.103. The van der Waals surface area contributed by atoms with Crippen molar-refractivity contribution < 1.29 is 12.8 Å². The standard InChI is InChI=1S/C14H23FN2O2S/c1-5-12(6-2)17(4)20(18,19)13-7-10(3)14(15)11(8-13)9-16/h7-8,12H,5-6,9,16H2,1-4H3. The third kappa shape index (κ3) is 3.19. The van der Waals surface area contributed by atoms with Crippen LogP contribution < -0.4 is 5.73 Å². The van der Waals surface area contributed by atoms with Crippen LogP contribution in [0.2, 0.25) is 0 Å². The van der Waals surface area contributed by atoms with Crippen LogP contribution >= 0.6 is 0 Å². The van der Waals surface area contributed by atoms with Gasteiger partial charge in [0.25, 0.3) is 0 Å². The molecular weight excluding hydrogens is 279 g/mol. The van der Waals surface area contributed by atoms with Crippen molar-refractivity contribution in [2.75, 3.05) is 7.05 Å². The van der Waals surface area contributed by atoms with Gasteiger partial charge in [0, 0.05) is 25.2 Å². The molecule has 0 aliphatic heterocycles. The quantitative estimate of drug-likeness (QED) is 0.877. The van der Waals surface area contributed by atoms with Gasteiger partial charge in [0.2, 0.25) is 10.0 Å². The summed E-state index contributed by atoms with van der Waals surface area (Å²) < 4.78 is 40.3. The van der Waals surface area contributed by atoms with Gasteiger partial charge in [-0.05, 0) is 37.5 Å². The number of hydrogen-bond acceptors (Lipinski definition) is 3. The van der Waals surface area contributed by atoms with E-state index >= 15 is 0 Å². The number of halogens is 1. The van der Waals surface area contributed by atoms with Gasteiger partial charge in [0.1, 0.15) is 5.82 Å². The van der Waals surface area contributed by atoms with Gasteiger partial charge in [-0.15, -0.1) is 0 Å². The molecule has 1 aromatic carbocycles. The molecule has 0 spiro atoms. The molecule has 1 aromatic rings. The first-order valence-electron chi connectivity index (χ1n) is 6.76. The molecule has 0 radical (unpaired) electrons. The minimum atomic E-state index is -3.62. The third-order valence-corrected chi connectivity index (χ3v) is 5.54. The van der Waals surface area contributed by atoms with Crippen molar-refractivity contribution in [3.63, 3.8) is 0 Å². The van der Waals surface area contributed by atoms with Crippen LogP contribution in [0.15, 0.2) is 17.0 Å². The van der Waals surface area contributed by atoms with Crippen molar-refractivity contribution in [1.29, 1.82) is 0 Å². The fourth-order valence-corrected chi connectivity index (χ4v) is 3.91. The topological polar surface area (TPSA) is 63.4 Å². The lowest BCUT2D eigenvalue weighted by atomic mass is 10.1. The second-order valence-electron chi connectivity index (χ2n) is 4.91. The lowest BCUT2D eigenvalue weighted by Crippen LogP contribution is -2.36. The predicted octanol–water partition coefficient (Wildman–Crippen LogP) is 2.40. The third-order valence-electron chi connectivity index (χ3n) is 3.66. The highest BCUT2D eigenvalue weighted by Gasteiger charge is 2.27. The molecule has 0 aliphatic rings. The average Bonchev–Trinajstić information content (AvgIpc) is 2.42. The monoisotopic (exact) mass is 302 g/mol. The van der Waals surface area contributed by atoms with Crippen molar-refractivity contribution in [1.82, 2.24) is 4.31 Å². The molecule has 0 unspecified atom stereocenters. The Morgan fingerprint density at radius 1 is 1.30 bits per heavy atom. The number of nitrogens with zero attached hydrogens (tertiary/aromatic N) is 1. The number of nitrogens with two attached hydrogens (primary N) is 1. The molecule has 4 nitrogen and oxygen atoms in total. The van der Waals surface area contributed by atoms with Crippen molar-refractivity contribution in [2.24, 2.45) is 5.73 Å². The van der Waals surface area contributed by atoms with Crippen molar-refractivity contribution in [3.05, 3.63) is 29.1 Å². The van der Waals surface area contributed by atoms with Gasteiger partial charge in [-0.1, -0.05) is 13.8 Å². The van der Waals surface area contributed by atoms with E-state index in [1.54, 1.807) is 14.0 Å². The zero-order chi connectivity index (χ0) is 15.5.